The third-order valence-electron chi connectivity index (χ3n) is 2.35. The molecule has 0 unspecified atom stereocenters. The molecule has 0 fully saturated rings. The predicted molar refractivity (Wildman–Crippen MR) is 68.6 cm³/mol. The van der Waals surface area contributed by atoms with Crippen molar-refractivity contribution in [1.29, 1.82) is 0 Å². The number of rotatable bonds is 4. The van der Waals surface area contributed by atoms with Gasteiger partial charge in [-0.1, -0.05) is 12.1 Å². The molecule has 1 aromatic heterocycles. The molecule has 0 aliphatic carbocycles. The summed E-state index contributed by atoms with van der Waals surface area (Å²) < 4.78 is 5.09. The maximum absolute atomic E-state index is 11.2. The Hall–Kier alpha value is -1.72. The van der Waals surface area contributed by atoms with Crippen LogP contribution < -0.4 is 5.43 Å². The Morgan fingerprint density at radius 2 is 1.94 bits per heavy atom. The van der Waals surface area contributed by atoms with Crippen molar-refractivity contribution in [2.45, 2.75) is 17.3 Å². The third-order valence-corrected chi connectivity index (χ3v) is 3.39. The molecule has 0 aliphatic heterocycles. The topological polar surface area (TPSA) is 70.7 Å². The van der Waals surface area contributed by atoms with Crippen LogP contribution in [0.25, 0.3) is 0 Å². The van der Waals surface area contributed by atoms with E-state index in [1.807, 2.05) is 24.3 Å². The van der Waals surface area contributed by atoms with Gasteiger partial charge in [0.25, 0.3) is 0 Å². The minimum atomic E-state index is -0.438. The molecule has 0 saturated carbocycles. The zero-order chi connectivity index (χ0) is 13.0. The molecule has 1 aromatic carbocycles. The molecule has 2 aromatic rings. The second kappa shape index (κ2) is 5.75. The average Bonchev–Trinajstić information content (AvgIpc) is 2.41. The fourth-order valence-electron chi connectivity index (χ4n) is 1.36. The number of aliphatic hydroxyl groups excluding tert-OH is 1. The molecule has 2 rings (SSSR count). The summed E-state index contributed by atoms with van der Waals surface area (Å²) in [6, 6.07) is 8.76. The first-order chi connectivity index (χ1) is 8.69. The Bertz CT molecular complexity index is 574. The normalized spacial score (nSPS) is 10.5. The van der Waals surface area contributed by atoms with Gasteiger partial charge in [-0.15, -0.1) is 11.8 Å². The van der Waals surface area contributed by atoms with E-state index in [-0.39, 0.29) is 12.4 Å². The zero-order valence-electron chi connectivity index (χ0n) is 9.50. The minimum absolute atomic E-state index is 0.0256. The fourth-order valence-corrected chi connectivity index (χ4v) is 2.15. The minimum Gasteiger partial charge on any atom is -0.502 e. The van der Waals surface area contributed by atoms with Gasteiger partial charge < -0.3 is 14.6 Å². The lowest BCUT2D eigenvalue weighted by Crippen LogP contribution is -1.98. The maximum Gasteiger partial charge on any atom is 0.226 e. The van der Waals surface area contributed by atoms with E-state index < -0.39 is 5.43 Å². The largest absolute Gasteiger partial charge is 0.502 e. The summed E-state index contributed by atoms with van der Waals surface area (Å²) in [5.74, 6) is 0.638. The smallest absolute Gasteiger partial charge is 0.226 e. The van der Waals surface area contributed by atoms with E-state index in [4.69, 9.17) is 14.6 Å². The number of aliphatic hydroxyl groups is 1. The molecule has 0 saturated heterocycles. The fraction of sp³-hybridized carbons (Fsp3) is 0.154. The van der Waals surface area contributed by atoms with Gasteiger partial charge in [-0.2, -0.15) is 0 Å². The van der Waals surface area contributed by atoms with E-state index in [0.717, 1.165) is 16.7 Å². The van der Waals surface area contributed by atoms with Gasteiger partial charge >= 0.3 is 0 Å². The summed E-state index contributed by atoms with van der Waals surface area (Å²) in [6.07, 6.45) is 1.05. The summed E-state index contributed by atoms with van der Waals surface area (Å²) in [7, 11) is 0. The Morgan fingerprint density at radius 1 is 1.22 bits per heavy atom. The van der Waals surface area contributed by atoms with Crippen LogP contribution in [-0.2, 0) is 12.4 Å². The van der Waals surface area contributed by atoms with E-state index in [1.54, 1.807) is 0 Å². The van der Waals surface area contributed by atoms with Crippen LogP contribution in [0.3, 0.4) is 0 Å². The molecule has 0 amide bonds. The van der Waals surface area contributed by atoms with Crippen molar-refractivity contribution in [2.75, 3.05) is 0 Å². The lowest BCUT2D eigenvalue weighted by atomic mass is 10.2. The lowest BCUT2D eigenvalue weighted by Gasteiger charge is -2.02. The van der Waals surface area contributed by atoms with Gasteiger partial charge in [0.15, 0.2) is 5.75 Å². The standard InChI is InChI=1S/C13H12O4S/c14-6-9-1-3-11(4-2-9)18-8-10-5-12(15)13(16)7-17-10/h1-5,7,14,16H,6,8H2. The van der Waals surface area contributed by atoms with E-state index >= 15 is 0 Å². The maximum atomic E-state index is 11.2. The summed E-state index contributed by atoms with van der Waals surface area (Å²) >= 11 is 1.51. The third kappa shape index (κ3) is 3.15. The highest BCUT2D eigenvalue weighted by Crippen LogP contribution is 2.23. The molecule has 94 valence electrons. The molecular weight excluding hydrogens is 252 g/mol. The van der Waals surface area contributed by atoms with Crippen molar-refractivity contribution in [2.24, 2.45) is 0 Å². The monoisotopic (exact) mass is 264 g/mol. The Balaban J connectivity index is 2.02. The number of thioether (sulfide) groups is 1. The van der Waals surface area contributed by atoms with Crippen molar-refractivity contribution < 1.29 is 14.6 Å². The van der Waals surface area contributed by atoms with Crippen LogP contribution >= 0.6 is 11.8 Å². The molecule has 0 bridgehead atoms. The highest BCUT2D eigenvalue weighted by molar-refractivity contribution is 7.98. The Morgan fingerprint density at radius 3 is 2.56 bits per heavy atom. The number of hydrogen-bond acceptors (Lipinski definition) is 5. The van der Waals surface area contributed by atoms with Crippen molar-refractivity contribution >= 4 is 11.8 Å². The molecule has 4 nitrogen and oxygen atoms in total. The number of benzene rings is 1. The molecule has 2 N–H and O–H groups in total. The lowest BCUT2D eigenvalue weighted by molar-refractivity contribution is 0.282. The van der Waals surface area contributed by atoms with Crippen molar-refractivity contribution in [3.05, 3.63) is 58.1 Å². The molecular formula is C13H12O4S. The van der Waals surface area contributed by atoms with Gasteiger partial charge in [0, 0.05) is 11.0 Å². The molecule has 18 heavy (non-hydrogen) atoms. The Kier molecular flexibility index (Phi) is 4.07. The van der Waals surface area contributed by atoms with Crippen molar-refractivity contribution in [3.63, 3.8) is 0 Å². The second-order valence-corrected chi connectivity index (χ2v) is 4.74. The first-order valence-corrected chi connectivity index (χ1v) is 6.31. The first kappa shape index (κ1) is 12.7. The summed E-state index contributed by atoms with van der Waals surface area (Å²) in [5.41, 5.74) is 0.419. The predicted octanol–water partition coefficient (Wildman–Crippen LogP) is 2.13. The number of hydrogen-bond donors (Lipinski definition) is 2. The quantitative estimate of drug-likeness (QED) is 0.828. The van der Waals surface area contributed by atoms with Crippen LogP contribution in [0.1, 0.15) is 11.3 Å². The second-order valence-electron chi connectivity index (χ2n) is 3.69. The van der Waals surface area contributed by atoms with Crippen LogP contribution in [0.2, 0.25) is 0 Å². The molecule has 0 atom stereocenters. The van der Waals surface area contributed by atoms with Crippen LogP contribution in [-0.4, -0.2) is 10.2 Å². The van der Waals surface area contributed by atoms with Crippen LogP contribution in [0.4, 0.5) is 0 Å². The summed E-state index contributed by atoms with van der Waals surface area (Å²) in [6.45, 7) is 0.0256. The van der Waals surface area contributed by atoms with Gasteiger partial charge in [-0.3, -0.25) is 4.79 Å². The number of aromatic hydroxyl groups is 1. The molecule has 0 radical (unpaired) electrons. The van der Waals surface area contributed by atoms with Gasteiger partial charge in [-0.25, -0.2) is 0 Å². The van der Waals surface area contributed by atoms with E-state index in [9.17, 15) is 4.79 Å². The molecule has 0 aliphatic rings. The van der Waals surface area contributed by atoms with Crippen LogP contribution in [0.15, 0.2) is 50.7 Å². The van der Waals surface area contributed by atoms with Crippen LogP contribution in [0.5, 0.6) is 5.75 Å². The molecule has 5 heteroatoms. The Labute approximate surface area is 108 Å². The van der Waals surface area contributed by atoms with Gasteiger partial charge in [0.2, 0.25) is 5.43 Å². The SMILES string of the molecule is O=c1cc(CSc2ccc(CO)cc2)occ1O. The average molecular weight is 264 g/mol. The highest BCUT2D eigenvalue weighted by Gasteiger charge is 2.03. The van der Waals surface area contributed by atoms with E-state index in [1.165, 1.54) is 17.8 Å². The van der Waals surface area contributed by atoms with Gasteiger partial charge in [0.05, 0.1) is 12.4 Å². The van der Waals surface area contributed by atoms with Gasteiger partial charge in [-0.05, 0) is 17.7 Å². The van der Waals surface area contributed by atoms with E-state index in [0.29, 0.717) is 11.5 Å². The van der Waals surface area contributed by atoms with E-state index in [2.05, 4.69) is 0 Å². The summed E-state index contributed by atoms with van der Waals surface area (Å²) in [5, 5.41) is 18.0. The summed E-state index contributed by atoms with van der Waals surface area (Å²) in [4.78, 5) is 12.2. The molecule has 0 spiro atoms. The van der Waals surface area contributed by atoms with Crippen LogP contribution in [0, 0.1) is 0 Å². The first-order valence-electron chi connectivity index (χ1n) is 5.32. The van der Waals surface area contributed by atoms with Gasteiger partial charge in [0.1, 0.15) is 12.0 Å². The van der Waals surface area contributed by atoms with Crippen molar-refractivity contribution in [3.8, 4) is 5.75 Å². The highest BCUT2D eigenvalue weighted by atomic mass is 32.2. The van der Waals surface area contributed by atoms with Crippen molar-refractivity contribution in [1.82, 2.24) is 0 Å². The molecule has 1 heterocycles. The zero-order valence-corrected chi connectivity index (χ0v) is 10.3.